The number of amides is 1. The molecule has 1 amide bonds. The third-order valence-electron chi connectivity index (χ3n) is 3.77. The van der Waals surface area contributed by atoms with E-state index in [-0.39, 0.29) is 5.91 Å². The van der Waals surface area contributed by atoms with E-state index in [4.69, 9.17) is 11.6 Å². The predicted octanol–water partition coefficient (Wildman–Crippen LogP) is 5.35. The molecule has 0 aliphatic heterocycles. The number of aromatic nitrogens is 1. The number of nitrogens with one attached hydrogen (secondary N) is 2. The van der Waals surface area contributed by atoms with Gasteiger partial charge in [-0.3, -0.25) is 4.79 Å². The monoisotopic (exact) mass is 351 g/mol. The predicted molar refractivity (Wildman–Crippen MR) is 103 cm³/mol. The van der Waals surface area contributed by atoms with Gasteiger partial charge in [0.25, 0.3) is 5.91 Å². The molecule has 3 aromatic rings. The number of rotatable bonds is 4. The lowest BCUT2D eigenvalue weighted by molar-refractivity contribution is 0.102. The van der Waals surface area contributed by atoms with E-state index in [0.717, 1.165) is 17.1 Å². The summed E-state index contributed by atoms with van der Waals surface area (Å²) in [6.07, 6.45) is 1.62. The van der Waals surface area contributed by atoms with Crippen molar-refractivity contribution < 1.29 is 4.79 Å². The Morgan fingerprint density at radius 1 is 1.00 bits per heavy atom. The topological polar surface area (TPSA) is 54.0 Å². The maximum atomic E-state index is 12.2. The van der Waals surface area contributed by atoms with Gasteiger partial charge in [-0.25, -0.2) is 4.98 Å². The number of hydrogen-bond acceptors (Lipinski definition) is 3. The van der Waals surface area contributed by atoms with E-state index < -0.39 is 0 Å². The van der Waals surface area contributed by atoms with Crippen molar-refractivity contribution in [1.29, 1.82) is 0 Å². The minimum Gasteiger partial charge on any atom is -0.340 e. The zero-order chi connectivity index (χ0) is 17.8. The first-order chi connectivity index (χ1) is 12.0. The fraction of sp³-hybridized carbons (Fsp3) is 0.100. The fourth-order valence-corrected chi connectivity index (χ4v) is 2.56. The van der Waals surface area contributed by atoms with Crippen LogP contribution in [0.1, 0.15) is 21.5 Å². The molecule has 126 valence electrons. The molecule has 25 heavy (non-hydrogen) atoms. The number of anilines is 3. The maximum Gasteiger partial charge on any atom is 0.255 e. The normalized spacial score (nSPS) is 10.4. The molecule has 0 fully saturated rings. The summed E-state index contributed by atoms with van der Waals surface area (Å²) in [5, 5.41) is 6.69. The summed E-state index contributed by atoms with van der Waals surface area (Å²) < 4.78 is 0. The number of carbonyl (C=O) groups is 1. The number of pyridine rings is 1. The van der Waals surface area contributed by atoms with E-state index in [1.54, 1.807) is 30.5 Å². The van der Waals surface area contributed by atoms with Gasteiger partial charge in [0.1, 0.15) is 5.82 Å². The van der Waals surface area contributed by atoms with Crippen LogP contribution >= 0.6 is 11.6 Å². The van der Waals surface area contributed by atoms with Gasteiger partial charge in [-0.2, -0.15) is 0 Å². The lowest BCUT2D eigenvalue weighted by Crippen LogP contribution is -2.11. The van der Waals surface area contributed by atoms with E-state index in [0.29, 0.717) is 16.3 Å². The number of halogens is 1. The van der Waals surface area contributed by atoms with E-state index in [2.05, 4.69) is 41.6 Å². The van der Waals surface area contributed by atoms with E-state index in [1.165, 1.54) is 5.56 Å². The zero-order valence-electron chi connectivity index (χ0n) is 14.0. The van der Waals surface area contributed by atoms with Gasteiger partial charge >= 0.3 is 0 Å². The van der Waals surface area contributed by atoms with Gasteiger partial charge in [-0.1, -0.05) is 29.3 Å². The molecule has 0 spiro atoms. The molecule has 1 heterocycles. The van der Waals surface area contributed by atoms with Gasteiger partial charge in [0.05, 0.1) is 11.9 Å². The van der Waals surface area contributed by atoms with Gasteiger partial charge in [0, 0.05) is 16.3 Å². The molecule has 3 rings (SSSR count). The fourth-order valence-electron chi connectivity index (χ4n) is 2.44. The second kappa shape index (κ2) is 7.36. The minimum atomic E-state index is -0.200. The molecule has 0 bridgehead atoms. The molecule has 0 aliphatic carbocycles. The highest BCUT2D eigenvalue weighted by molar-refractivity contribution is 6.30. The van der Waals surface area contributed by atoms with Crippen LogP contribution < -0.4 is 10.6 Å². The number of benzene rings is 2. The van der Waals surface area contributed by atoms with Gasteiger partial charge in [0.15, 0.2) is 0 Å². The smallest absolute Gasteiger partial charge is 0.255 e. The van der Waals surface area contributed by atoms with Crippen molar-refractivity contribution in [2.45, 2.75) is 13.8 Å². The molecule has 0 radical (unpaired) electrons. The van der Waals surface area contributed by atoms with Crippen molar-refractivity contribution in [1.82, 2.24) is 4.98 Å². The quantitative estimate of drug-likeness (QED) is 0.666. The molecule has 0 unspecified atom stereocenters. The average molecular weight is 352 g/mol. The maximum absolute atomic E-state index is 12.2. The largest absolute Gasteiger partial charge is 0.340 e. The van der Waals surface area contributed by atoms with Gasteiger partial charge in [-0.05, 0) is 61.9 Å². The average Bonchev–Trinajstić information content (AvgIpc) is 2.59. The molecule has 2 aromatic carbocycles. The molecular formula is C20H18ClN3O. The van der Waals surface area contributed by atoms with Crippen LogP contribution in [0.5, 0.6) is 0 Å². The van der Waals surface area contributed by atoms with Crippen molar-refractivity contribution in [3.05, 3.63) is 82.5 Å². The molecule has 1 aromatic heterocycles. The Hall–Kier alpha value is -2.85. The van der Waals surface area contributed by atoms with Crippen LogP contribution in [0.4, 0.5) is 17.2 Å². The first-order valence-corrected chi connectivity index (χ1v) is 8.26. The Morgan fingerprint density at radius 3 is 2.40 bits per heavy atom. The van der Waals surface area contributed by atoms with Crippen LogP contribution in [-0.2, 0) is 0 Å². The van der Waals surface area contributed by atoms with Crippen LogP contribution in [0.3, 0.4) is 0 Å². The first-order valence-electron chi connectivity index (χ1n) is 7.88. The van der Waals surface area contributed by atoms with Gasteiger partial charge in [0.2, 0.25) is 0 Å². The van der Waals surface area contributed by atoms with Crippen LogP contribution in [-0.4, -0.2) is 10.9 Å². The minimum absolute atomic E-state index is 0.200. The molecule has 4 nitrogen and oxygen atoms in total. The molecule has 0 atom stereocenters. The molecule has 2 N–H and O–H groups in total. The highest BCUT2D eigenvalue weighted by atomic mass is 35.5. The Balaban J connectivity index is 1.67. The highest BCUT2D eigenvalue weighted by Gasteiger charge is 2.06. The summed E-state index contributed by atoms with van der Waals surface area (Å²) in [4.78, 5) is 16.5. The molecule has 0 aliphatic rings. The second-order valence-corrected chi connectivity index (χ2v) is 6.27. The summed E-state index contributed by atoms with van der Waals surface area (Å²) in [6.45, 7) is 4.11. The lowest BCUT2D eigenvalue weighted by atomic mass is 10.1. The van der Waals surface area contributed by atoms with Crippen LogP contribution in [0.15, 0.2) is 60.8 Å². The summed E-state index contributed by atoms with van der Waals surface area (Å²) in [7, 11) is 0. The van der Waals surface area contributed by atoms with E-state index >= 15 is 0 Å². The summed E-state index contributed by atoms with van der Waals surface area (Å²) >= 11 is 5.83. The molecule has 0 saturated heterocycles. The Morgan fingerprint density at radius 2 is 1.76 bits per heavy atom. The Kier molecular flexibility index (Phi) is 5.00. The molecular weight excluding hydrogens is 334 g/mol. The first kappa shape index (κ1) is 17.0. The van der Waals surface area contributed by atoms with Crippen molar-refractivity contribution >= 4 is 34.7 Å². The Bertz CT molecular complexity index is 890. The SMILES string of the molecule is Cc1ccc(Nc2ccc(NC(=O)c3ccc(Cl)cc3)cn2)c(C)c1. The zero-order valence-corrected chi connectivity index (χ0v) is 14.8. The number of carbonyl (C=O) groups excluding carboxylic acids is 1. The van der Waals surface area contributed by atoms with Gasteiger partial charge in [-0.15, -0.1) is 0 Å². The third kappa shape index (κ3) is 4.37. The summed E-state index contributed by atoms with van der Waals surface area (Å²) in [6, 6.07) is 16.6. The van der Waals surface area contributed by atoms with Gasteiger partial charge < -0.3 is 10.6 Å². The van der Waals surface area contributed by atoms with Crippen molar-refractivity contribution in [3.8, 4) is 0 Å². The van der Waals surface area contributed by atoms with Crippen LogP contribution in [0.25, 0.3) is 0 Å². The lowest BCUT2D eigenvalue weighted by Gasteiger charge is -2.10. The number of hydrogen-bond donors (Lipinski definition) is 2. The molecule has 0 saturated carbocycles. The molecule has 5 heteroatoms. The summed E-state index contributed by atoms with van der Waals surface area (Å²) in [5.41, 5.74) is 4.56. The van der Waals surface area contributed by atoms with Crippen LogP contribution in [0.2, 0.25) is 5.02 Å². The summed E-state index contributed by atoms with van der Waals surface area (Å²) in [5.74, 6) is 0.519. The second-order valence-electron chi connectivity index (χ2n) is 5.84. The number of aryl methyl sites for hydroxylation is 2. The van der Waals surface area contributed by atoms with Crippen molar-refractivity contribution in [2.24, 2.45) is 0 Å². The van der Waals surface area contributed by atoms with Crippen LogP contribution in [0, 0.1) is 13.8 Å². The van der Waals surface area contributed by atoms with E-state index in [1.807, 2.05) is 18.2 Å². The van der Waals surface area contributed by atoms with E-state index in [9.17, 15) is 4.79 Å². The third-order valence-corrected chi connectivity index (χ3v) is 4.02. The Labute approximate surface area is 151 Å². The highest BCUT2D eigenvalue weighted by Crippen LogP contribution is 2.21. The van der Waals surface area contributed by atoms with Crippen molar-refractivity contribution in [2.75, 3.05) is 10.6 Å². The standard InChI is InChI=1S/C20H18ClN3O/c1-13-3-9-18(14(2)11-13)24-19-10-8-17(12-22-19)23-20(25)15-4-6-16(21)7-5-15/h3-12H,1-2H3,(H,22,24)(H,23,25). The van der Waals surface area contributed by atoms with Crippen molar-refractivity contribution in [3.63, 3.8) is 0 Å². The number of nitrogens with zero attached hydrogens (tertiary/aromatic N) is 1.